The highest BCUT2D eigenvalue weighted by Crippen LogP contribution is 2.32. The largest absolute Gasteiger partial charge is 0.123 e. The van der Waals surface area contributed by atoms with Gasteiger partial charge in [0, 0.05) is 5.38 Å². The molecule has 0 aliphatic rings. The number of rotatable bonds is 14. The lowest BCUT2D eigenvalue weighted by Crippen LogP contribution is -2.17. The predicted molar refractivity (Wildman–Crippen MR) is 94.8 cm³/mol. The highest BCUT2D eigenvalue weighted by Gasteiger charge is 2.21. The summed E-state index contributed by atoms with van der Waals surface area (Å²) < 4.78 is 0. The first-order valence-electron chi connectivity index (χ1n) is 9.16. The molecule has 0 bridgehead atoms. The first kappa shape index (κ1) is 20.3. The van der Waals surface area contributed by atoms with E-state index in [-0.39, 0.29) is 0 Å². The van der Waals surface area contributed by atoms with Gasteiger partial charge >= 0.3 is 0 Å². The van der Waals surface area contributed by atoms with Crippen molar-refractivity contribution in [2.45, 2.75) is 117 Å². The minimum atomic E-state index is 0.388. The third-order valence-corrected chi connectivity index (χ3v) is 4.72. The van der Waals surface area contributed by atoms with Gasteiger partial charge in [-0.15, -0.1) is 11.6 Å². The Kier molecular flexibility index (Phi) is 13.2. The molecule has 20 heavy (non-hydrogen) atoms. The van der Waals surface area contributed by atoms with E-state index in [4.69, 9.17) is 11.6 Å². The SMILES string of the molecule is CCCCCCCCCCC(C)(C)CC(Cl)CCCC. The van der Waals surface area contributed by atoms with Crippen LogP contribution in [0.5, 0.6) is 0 Å². The fourth-order valence-corrected chi connectivity index (χ4v) is 3.54. The van der Waals surface area contributed by atoms with E-state index in [0.29, 0.717) is 10.8 Å². The Balaban J connectivity index is 3.51. The summed E-state index contributed by atoms with van der Waals surface area (Å²) in [6.45, 7) is 9.33. The van der Waals surface area contributed by atoms with E-state index in [1.807, 2.05) is 0 Å². The Labute approximate surface area is 134 Å². The van der Waals surface area contributed by atoms with Gasteiger partial charge in [-0.05, 0) is 24.7 Å². The van der Waals surface area contributed by atoms with Crippen molar-refractivity contribution in [1.29, 1.82) is 0 Å². The summed E-state index contributed by atoms with van der Waals surface area (Å²) >= 11 is 6.46. The van der Waals surface area contributed by atoms with E-state index in [1.165, 1.54) is 83.5 Å². The van der Waals surface area contributed by atoms with Gasteiger partial charge in [0.2, 0.25) is 0 Å². The Morgan fingerprint density at radius 1 is 0.750 bits per heavy atom. The minimum absolute atomic E-state index is 0.388. The van der Waals surface area contributed by atoms with Crippen LogP contribution in [0.15, 0.2) is 0 Å². The normalized spacial score (nSPS) is 13.7. The molecule has 122 valence electrons. The predicted octanol–water partition coefficient (Wildman–Crippen LogP) is 7.73. The van der Waals surface area contributed by atoms with Gasteiger partial charge < -0.3 is 0 Å². The molecule has 0 aliphatic heterocycles. The summed E-state index contributed by atoms with van der Waals surface area (Å²) in [7, 11) is 0. The van der Waals surface area contributed by atoms with Gasteiger partial charge in [0.15, 0.2) is 0 Å². The zero-order valence-corrected chi connectivity index (χ0v) is 15.4. The molecule has 0 saturated carbocycles. The van der Waals surface area contributed by atoms with Crippen molar-refractivity contribution in [2.24, 2.45) is 5.41 Å². The smallest absolute Gasteiger partial charge is 0.0341 e. The average molecular weight is 303 g/mol. The van der Waals surface area contributed by atoms with Crippen molar-refractivity contribution in [3.05, 3.63) is 0 Å². The first-order valence-corrected chi connectivity index (χ1v) is 9.59. The van der Waals surface area contributed by atoms with Crippen LogP contribution in [0.1, 0.15) is 111 Å². The van der Waals surface area contributed by atoms with Crippen molar-refractivity contribution in [3.8, 4) is 0 Å². The maximum Gasteiger partial charge on any atom is 0.0341 e. The lowest BCUT2D eigenvalue weighted by Gasteiger charge is -2.27. The van der Waals surface area contributed by atoms with Gasteiger partial charge in [-0.2, -0.15) is 0 Å². The average Bonchev–Trinajstić information content (AvgIpc) is 2.39. The highest BCUT2D eigenvalue weighted by atomic mass is 35.5. The molecule has 0 N–H and O–H groups in total. The number of hydrogen-bond donors (Lipinski definition) is 0. The fourth-order valence-electron chi connectivity index (χ4n) is 2.97. The summed E-state index contributed by atoms with van der Waals surface area (Å²) in [5.41, 5.74) is 0.433. The van der Waals surface area contributed by atoms with E-state index in [2.05, 4.69) is 27.7 Å². The third-order valence-electron chi connectivity index (χ3n) is 4.35. The lowest BCUT2D eigenvalue weighted by atomic mass is 9.81. The summed E-state index contributed by atoms with van der Waals surface area (Å²) in [6.07, 6.45) is 17.6. The number of alkyl halides is 1. The molecule has 0 aromatic heterocycles. The van der Waals surface area contributed by atoms with E-state index in [1.54, 1.807) is 0 Å². The summed E-state index contributed by atoms with van der Waals surface area (Å²) in [4.78, 5) is 0. The van der Waals surface area contributed by atoms with Gasteiger partial charge in [0.1, 0.15) is 0 Å². The molecule has 0 radical (unpaired) electrons. The van der Waals surface area contributed by atoms with E-state index in [9.17, 15) is 0 Å². The van der Waals surface area contributed by atoms with Crippen LogP contribution in [0.25, 0.3) is 0 Å². The van der Waals surface area contributed by atoms with Gasteiger partial charge in [-0.25, -0.2) is 0 Å². The zero-order chi connectivity index (χ0) is 15.3. The Morgan fingerprint density at radius 3 is 1.80 bits per heavy atom. The number of unbranched alkanes of at least 4 members (excludes halogenated alkanes) is 8. The molecule has 1 atom stereocenters. The lowest BCUT2D eigenvalue weighted by molar-refractivity contribution is 0.285. The van der Waals surface area contributed by atoms with Crippen LogP contribution < -0.4 is 0 Å². The quantitative estimate of drug-likeness (QED) is 0.227. The third kappa shape index (κ3) is 13.3. The number of halogens is 1. The van der Waals surface area contributed by atoms with Crippen molar-refractivity contribution in [2.75, 3.05) is 0 Å². The highest BCUT2D eigenvalue weighted by molar-refractivity contribution is 6.20. The molecular weight excluding hydrogens is 264 g/mol. The van der Waals surface area contributed by atoms with Crippen molar-refractivity contribution < 1.29 is 0 Å². The molecule has 0 rings (SSSR count). The first-order chi connectivity index (χ1) is 9.52. The molecule has 0 heterocycles. The maximum atomic E-state index is 6.46. The molecule has 0 saturated heterocycles. The molecule has 0 aromatic carbocycles. The van der Waals surface area contributed by atoms with E-state index >= 15 is 0 Å². The summed E-state index contributed by atoms with van der Waals surface area (Å²) in [5, 5.41) is 0.388. The fraction of sp³-hybridized carbons (Fsp3) is 1.00. The second-order valence-electron chi connectivity index (χ2n) is 7.33. The van der Waals surface area contributed by atoms with E-state index in [0.717, 1.165) is 0 Å². The van der Waals surface area contributed by atoms with Crippen LogP contribution in [0.2, 0.25) is 0 Å². The van der Waals surface area contributed by atoms with Crippen LogP contribution in [0.4, 0.5) is 0 Å². The molecule has 0 aliphatic carbocycles. The summed E-state index contributed by atoms with van der Waals surface area (Å²) in [5.74, 6) is 0. The molecule has 1 unspecified atom stereocenters. The molecule has 0 aromatic rings. The monoisotopic (exact) mass is 302 g/mol. The number of hydrogen-bond acceptors (Lipinski definition) is 0. The molecule has 0 fully saturated rings. The second-order valence-corrected chi connectivity index (χ2v) is 7.95. The Hall–Kier alpha value is 0.290. The van der Waals surface area contributed by atoms with Crippen LogP contribution in [0.3, 0.4) is 0 Å². The Bertz CT molecular complexity index is 198. The van der Waals surface area contributed by atoms with Gasteiger partial charge in [0.25, 0.3) is 0 Å². The molecule has 0 nitrogen and oxygen atoms in total. The molecule has 1 heteroatoms. The van der Waals surface area contributed by atoms with Crippen molar-refractivity contribution >= 4 is 11.6 Å². The van der Waals surface area contributed by atoms with Gasteiger partial charge in [-0.3, -0.25) is 0 Å². The Morgan fingerprint density at radius 2 is 1.25 bits per heavy atom. The van der Waals surface area contributed by atoms with E-state index < -0.39 is 0 Å². The zero-order valence-electron chi connectivity index (χ0n) is 14.6. The van der Waals surface area contributed by atoms with Crippen LogP contribution in [0, 0.1) is 5.41 Å². The van der Waals surface area contributed by atoms with Crippen LogP contribution in [-0.4, -0.2) is 5.38 Å². The second kappa shape index (κ2) is 13.0. The maximum absolute atomic E-state index is 6.46. The minimum Gasteiger partial charge on any atom is -0.123 e. The standard InChI is InChI=1S/C19H39Cl/c1-5-7-9-10-11-12-13-14-16-19(3,4)17-18(20)15-8-6-2/h18H,5-17H2,1-4H3. The van der Waals surface area contributed by atoms with Crippen LogP contribution in [-0.2, 0) is 0 Å². The van der Waals surface area contributed by atoms with Crippen LogP contribution >= 0.6 is 11.6 Å². The van der Waals surface area contributed by atoms with Crippen molar-refractivity contribution in [1.82, 2.24) is 0 Å². The summed E-state index contributed by atoms with van der Waals surface area (Å²) in [6, 6.07) is 0. The molecule has 0 amide bonds. The van der Waals surface area contributed by atoms with Gasteiger partial charge in [-0.1, -0.05) is 91.9 Å². The van der Waals surface area contributed by atoms with Crippen molar-refractivity contribution in [3.63, 3.8) is 0 Å². The molecule has 0 spiro atoms. The van der Waals surface area contributed by atoms with Gasteiger partial charge in [0.05, 0.1) is 0 Å². The topological polar surface area (TPSA) is 0 Å². The molecular formula is C19H39Cl.